The minimum absolute atomic E-state index is 0.318. The molecule has 3 nitrogen and oxygen atoms in total. The molecule has 152 valence electrons. The van der Waals surface area contributed by atoms with Gasteiger partial charge in [0.05, 0.1) is 0 Å². The van der Waals surface area contributed by atoms with Gasteiger partial charge in [-0.25, -0.2) is 0 Å². The van der Waals surface area contributed by atoms with Crippen molar-refractivity contribution in [2.24, 2.45) is 46.3 Å². The van der Waals surface area contributed by atoms with E-state index in [-0.39, 0.29) is 0 Å². The molecule has 0 aliphatic heterocycles. The first-order valence-corrected chi connectivity index (χ1v) is 11.5. The summed E-state index contributed by atoms with van der Waals surface area (Å²) in [6.45, 7) is 7.37. The van der Waals surface area contributed by atoms with E-state index in [2.05, 4.69) is 20.8 Å². The molecule has 4 aliphatic rings. The summed E-state index contributed by atoms with van der Waals surface area (Å²) in [5.41, 5.74) is 0.804. The van der Waals surface area contributed by atoms with E-state index in [1.54, 1.807) is 0 Å². The van der Waals surface area contributed by atoms with Crippen LogP contribution in [0.15, 0.2) is 0 Å². The molecule has 0 saturated heterocycles. The predicted octanol–water partition coefficient (Wildman–Crippen LogP) is 5.72. The van der Waals surface area contributed by atoms with E-state index in [1.165, 1.54) is 38.5 Å². The fraction of sp³-hybridized carbons (Fsp3) is 0.917. The van der Waals surface area contributed by atoms with Crippen LogP contribution in [0.3, 0.4) is 0 Å². The minimum Gasteiger partial charge on any atom is -0.481 e. The Morgan fingerprint density at radius 2 is 1.81 bits per heavy atom. The lowest BCUT2D eigenvalue weighted by molar-refractivity contribution is -0.140. The van der Waals surface area contributed by atoms with E-state index < -0.39 is 5.97 Å². The first-order chi connectivity index (χ1) is 12.8. The second-order valence-corrected chi connectivity index (χ2v) is 11.0. The first kappa shape index (κ1) is 19.5. The van der Waals surface area contributed by atoms with Gasteiger partial charge in [-0.2, -0.15) is 0 Å². The van der Waals surface area contributed by atoms with Gasteiger partial charge in [-0.1, -0.05) is 20.8 Å². The quantitative estimate of drug-likeness (QED) is 0.685. The zero-order valence-electron chi connectivity index (χ0n) is 17.5. The van der Waals surface area contributed by atoms with Crippen LogP contribution < -0.4 is 0 Å². The number of rotatable bonds is 4. The molecule has 1 N–H and O–H groups in total. The molecular weight excluding hydrogens is 336 g/mol. The van der Waals surface area contributed by atoms with Crippen molar-refractivity contribution in [3.63, 3.8) is 0 Å². The molecule has 0 amide bonds. The highest BCUT2D eigenvalue weighted by atomic mass is 16.4. The van der Waals surface area contributed by atoms with Crippen LogP contribution >= 0.6 is 0 Å². The number of hydrogen-bond donors (Lipinski definition) is 1. The maximum absolute atomic E-state index is 12.0. The maximum Gasteiger partial charge on any atom is 0.303 e. The molecule has 27 heavy (non-hydrogen) atoms. The van der Waals surface area contributed by atoms with E-state index in [1.807, 2.05) is 0 Å². The smallest absolute Gasteiger partial charge is 0.303 e. The summed E-state index contributed by atoms with van der Waals surface area (Å²) in [6.07, 6.45) is 11.8. The third kappa shape index (κ3) is 3.08. The monoisotopic (exact) mass is 374 g/mol. The fourth-order valence-corrected chi connectivity index (χ4v) is 8.57. The van der Waals surface area contributed by atoms with Crippen molar-refractivity contribution in [3.8, 4) is 0 Å². The molecular formula is C24H38O3. The van der Waals surface area contributed by atoms with Crippen molar-refractivity contribution in [2.45, 2.75) is 91.4 Å². The molecule has 3 heteroatoms. The van der Waals surface area contributed by atoms with Crippen LogP contribution in [0.4, 0.5) is 0 Å². The summed E-state index contributed by atoms with van der Waals surface area (Å²) < 4.78 is 0. The Morgan fingerprint density at radius 3 is 2.56 bits per heavy atom. The lowest BCUT2D eigenvalue weighted by atomic mass is 9.44. The molecule has 8 atom stereocenters. The van der Waals surface area contributed by atoms with Crippen LogP contribution in [0.25, 0.3) is 0 Å². The van der Waals surface area contributed by atoms with Crippen molar-refractivity contribution in [2.75, 3.05) is 0 Å². The van der Waals surface area contributed by atoms with E-state index in [0.717, 1.165) is 43.4 Å². The van der Waals surface area contributed by atoms with E-state index in [9.17, 15) is 9.59 Å². The van der Waals surface area contributed by atoms with Gasteiger partial charge in [0.25, 0.3) is 0 Å². The molecule has 0 heterocycles. The Kier molecular flexibility index (Phi) is 4.96. The van der Waals surface area contributed by atoms with Crippen LogP contribution in [0.5, 0.6) is 0 Å². The number of fused-ring (bicyclic) bond motifs is 5. The number of carboxylic acids is 1. The number of ketones is 1. The van der Waals surface area contributed by atoms with E-state index in [0.29, 0.717) is 40.8 Å². The van der Waals surface area contributed by atoms with E-state index >= 15 is 0 Å². The predicted molar refractivity (Wildman–Crippen MR) is 106 cm³/mol. The molecule has 4 fully saturated rings. The van der Waals surface area contributed by atoms with Crippen molar-refractivity contribution in [3.05, 3.63) is 0 Å². The van der Waals surface area contributed by atoms with Crippen LogP contribution in [0, 0.1) is 46.3 Å². The Labute approximate surface area is 164 Å². The summed E-state index contributed by atoms with van der Waals surface area (Å²) >= 11 is 0. The highest BCUT2D eigenvalue weighted by molar-refractivity contribution is 5.79. The van der Waals surface area contributed by atoms with Gasteiger partial charge in [-0.05, 0) is 97.7 Å². The Balaban J connectivity index is 1.52. The molecule has 0 bridgehead atoms. The summed E-state index contributed by atoms with van der Waals surface area (Å²) in [7, 11) is 0. The molecule has 4 aliphatic carbocycles. The van der Waals surface area contributed by atoms with Gasteiger partial charge in [0, 0.05) is 19.3 Å². The highest BCUT2D eigenvalue weighted by Gasteiger charge is 2.60. The molecule has 0 aromatic carbocycles. The minimum atomic E-state index is -0.650. The number of carbonyl (C=O) groups is 2. The van der Waals surface area contributed by atoms with Gasteiger partial charge in [-0.15, -0.1) is 0 Å². The number of hydrogen-bond acceptors (Lipinski definition) is 2. The molecule has 0 aromatic rings. The molecule has 0 unspecified atom stereocenters. The zero-order valence-corrected chi connectivity index (χ0v) is 17.5. The summed E-state index contributed by atoms with van der Waals surface area (Å²) in [5, 5.41) is 9.09. The number of Topliss-reactive ketones (excluding diaryl/α,β-unsaturated/α-hetero) is 1. The lowest BCUT2D eigenvalue weighted by Gasteiger charge is -2.60. The second-order valence-electron chi connectivity index (χ2n) is 11.0. The lowest BCUT2D eigenvalue weighted by Crippen LogP contribution is -2.53. The third-order valence-corrected chi connectivity index (χ3v) is 10.1. The van der Waals surface area contributed by atoms with Crippen LogP contribution in [0.1, 0.15) is 91.4 Å². The normalized spacial score (nSPS) is 47.7. The number of aliphatic carboxylic acids is 1. The molecule has 0 aromatic heterocycles. The van der Waals surface area contributed by atoms with Gasteiger partial charge in [0.1, 0.15) is 5.78 Å². The van der Waals surface area contributed by atoms with Crippen molar-refractivity contribution in [1.29, 1.82) is 0 Å². The largest absolute Gasteiger partial charge is 0.481 e. The zero-order chi connectivity index (χ0) is 19.4. The van der Waals surface area contributed by atoms with Gasteiger partial charge >= 0.3 is 5.97 Å². The maximum atomic E-state index is 12.0. The van der Waals surface area contributed by atoms with Gasteiger partial charge in [0.2, 0.25) is 0 Å². The summed E-state index contributed by atoms with van der Waals surface area (Å²) in [6, 6.07) is 0. The molecule has 0 radical (unpaired) electrons. The van der Waals surface area contributed by atoms with Gasteiger partial charge < -0.3 is 5.11 Å². The van der Waals surface area contributed by atoms with Crippen molar-refractivity contribution < 1.29 is 14.7 Å². The SMILES string of the molecule is C[C@@H](CCC(=O)O)[C@H]1CC[C@@H]2[C@H]3CC[C@@H]4CC(=O)CC[C@]4(C)[C@H]3CC[C@@]21C. The van der Waals surface area contributed by atoms with E-state index in [4.69, 9.17) is 5.11 Å². The average Bonchev–Trinajstić information content (AvgIpc) is 2.97. The summed E-state index contributed by atoms with van der Waals surface area (Å²) in [4.78, 5) is 23.1. The molecule has 4 saturated carbocycles. The topological polar surface area (TPSA) is 54.4 Å². The molecule has 4 rings (SSSR count). The van der Waals surface area contributed by atoms with Gasteiger partial charge in [0.15, 0.2) is 0 Å². The fourth-order valence-electron chi connectivity index (χ4n) is 8.57. The first-order valence-electron chi connectivity index (χ1n) is 11.5. The van der Waals surface area contributed by atoms with Crippen molar-refractivity contribution >= 4 is 11.8 Å². The Morgan fingerprint density at radius 1 is 1.07 bits per heavy atom. The molecule has 0 spiro atoms. The van der Waals surface area contributed by atoms with Crippen LogP contribution in [-0.2, 0) is 9.59 Å². The highest BCUT2D eigenvalue weighted by Crippen LogP contribution is 2.68. The van der Waals surface area contributed by atoms with Gasteiger partial charge in [-0.3, -0.25) is 9.59 Å². The van der Waals surface area contributed by atoms with Crippen molar-refractivity contribution in [1.82, 2.24) is 0 Å². The Hall–Kier alpha value is -0.860. The Bertz CT molecular complexity index is 613. The van der Waals surface area contributed by atoms with Crippen LogP contribution in [0.2, 0.25) is 0 Å². The standard InChI is InChI=1S/C24H38O3/c1-15(4-9-22(26)27)19-7-8-20-18-6-5-16-14-17(25)10-12-23(16,2)21(18)11-13-24(19,20)3/h15-16,18-21H,4-14H2,1-3H3,(H,26,27)/t15-,16+,18+,19+,20+,21-,23-,24+/m0/s1. The third-order valence-electron chi connectivity index (χ3n) is 10.1. The second kappa shape index (κ2) is 6.88. The summed E-state index contributed by atoms with van der Waals surface area (Å²) in [5.74, 6) is 4.19. The average molecular weight is 375 g/mol. The number of carboxylic acid groups (broad SMARTS) is 1. The van der Waals surface area contributed by atoms with Crippen LogP contribution in [-0.4, -0.2) is 16.9 Å². The number of carbonyl (C=O) groups excluding carboxylic acids is 1.